The molecule has 168 valence electrons. The minimum Gasteiger partial charge on any atom is -0.497 e. The fourth-order valence-electron chi connectivity index (χ4n) is 3.38. The molecule has 4 aromatic rings. The predicted octanol–water partition coefficient (Wildman–Crippen LogP) is 5.71. The summed E-state index contributed by atoms with van der Waals surface area (Å²) in [6.07, 6.45) is 0. The van der Waals surface area contributed by atoms with Gasteiger partial charge >= 0.3 is 5.97 Å². The molecule has 33 heavy (non-hydrogen) atoms. The number of benzene rings is 4. The van der Waals surface area contributed by atoms with Gasteiger partial charge in [0.1, 0.15) is 24.7 Å². The Morgan fingerprint density at radius 3 is 1.61 bits per heavy atom. The molecule has 0 unspecified atom stereocenters. The average Bonchev–Trinajstić information content (AvgIpc) is 2.86. The van der Waals surface area contributed by atoms with Gasteiger partial charge in [0.2, 0.25) is 0 Å². The highest BCUT2D eigenvalue weighted by Gasteiger charge is 2.12. The highest BCUT2D eigenvalue weighted by molar-refractivity contribution is 5.95. The third-order valence-electron chi connectivity index (χ3n) is 5.26. The van der Waals surface area contributed by atoms with Crippen LogP contribution in [-0.2, 0) is 13.2 Å². The smallest absolute Gasteiger partial charge is 0.335 e. The molecule has 6 nitrogen and oxygen atoms in total. The number of hydrogen-bond donors (Lipinski definition) is 1. The van der Waals surface area contributed by atoms with Gasteiger partial charge in [0.05, 0.1) is 19.8 Å². The van der Waals surface area contributed by atoms with E-state index in [2.05, 4.69) is 0 Å². The van der Waals surface area contributed by atoms with Gasteiger partial charge in [0.15, 0.2) is 11.5 Å². The molecule has 6 heteroatoms. The number of carboxylic acids is 1. The highest BCUT2D eigenvalue weighted by atomic mass is 16.5. The monoisotopic (exact) mass is 444 g/mol. The zero-order valence-corrected chi connectivity index (χ0v) is 18.4. The summed E-state index contributed by atoms with van der Waals surface area (Å²) < 4.78 is 22.6. The number of hydrogen-bond acceptors (Lipinski definition) is 5. The van der Waals surface area contributed by atoms with Gasteiger partial charge in [-0.3, -0.25) is 0 Å². The van der Waals surface area contributed by atoms with Crippen molar-refractivity contribution < 1.29 is 28.8 Å². The van der Waals surface area contributed by atoms with Crippen molar-refractivity contribution in [2.45, 2.75) is 13.2 Å². The number of methoxy groups -OCH3 is 2. The maximum Gasteiger partial charge on any atom is 0.335 e. The van der Waals surface area contributed by atoms with Gasteiger partial charge in [-0.1, -0.05) is 30.3 Å². The Morgan fingerprint density at radius 2 is 1.15 bits per heavy atom. The third kappa shape index (κ3) is 5.36. The van der Waals surface area contributed by atoms with Gasteiger partial charge in [0, 0.05) is 0 Å². The first-order chi connectivity index (χ1) is 16.1. The van der Waals surface area contributed by atoms with E-state index in [1.165, 1.54) is 0 Å². The first kappa shape index (κ1) is 22.0. The van der Waals surface area contributed by atoms with Crippen LogP contribution in [0.25, 0.3) is 10.8 Å². The molecular formula is C27H24O6. The predicted molar refractivity (Wildman–Crippen MR) is 126 cm³/mol. The van der Waals surface area contributed by atoms with E-state index >= 15 is 0 Å². The summed E-state index contributed by atoms with van der Waals surface area (Å²) in [7, 11) is 3.25. The summed E-state index contributed by atoms with van der Waals surface area (Å²) in [6.45, 7) is 0.675. The van der Waals surface area contributed by atoms with E-state index in [0.29, 0.717) is 24.7 Å². The number of fused-ring (bicyclic) bond motifs is 1. The Bertz CT molecular complexity index is 1250. The van der Waals surface area contributed by atoms with Gasteiger partial charge in [0.25, 0.3) is 0 Å². The van der Waals surface area contributed by atoms with E-state index in [9.17, 15) is 9.90 Å². The van der Waals surface area contributed by atoms with Crippen molar-refractivity contribution in [3.8, 4) is 23.0 Å². The quantitative estimate of drug-likeness (QED) is 0.356. The summed E-state index contributed by atoms with van der Waals surface area (Å²) in [5, 5.41) is 11.0. The zero-order chi connectivity index (χ0) is 23.2. The molecule has 0 amide bonds. The summed E-state index contributed by atoms with van der Waals surface area (Å²) >= 11 is 0. The third-order valence-corrected chi connectivity index (χ3v) is 5.26. The van der Waals surface area contributed by atoms with E-state index in [1.54, 1.807) is 32.4 Å². The topological polar surface area (TPSA) is 74.2 Å². The molecule has 0 bridgehead atoms. The minimum absolute atomic E-state index is 0.218. The lowest BCUT2D eigenvalue weighted by Crippen LogP contribution is -2.01. The van der Waals surface area contributed by atoms with Crippen LogP contribution in [0.2, 0.25) is 0 Å². The van der Waals surface area contributed by atoms with Crippen LogP contribution in [-0.4, -0.2) is 25.3 Å². The van der Waals surface area contributed by atoms with Crippen LogP contribution in [0.5, 0.6) is 23.0 Å². The van der Waals surface area contributed by atoms with Crippen molar-refractivity contribution in [2.75, 3.05) is 14.2 Å². The van der Waals surface area contributed by atoms with E-state index in [4.69, 9.17) is 18.9 Å². The van der Waals surface area contributed by atoms with Gasteiger partial charge in [-0.25, -0.2) is 4.79 Å². The SMILES string of the molecule is COc1ccc(COc2cc3ccc(C(=O)O)cc3cc2OCc2ccc(OC)cc2)cc1. The molecule has 0 fully saturated rings. The molecule has 0 heterocycles. The molecule has 0 aliphatic carbocycles. The van der Waals surface area contributed by atoms with Crippen molar-refractivity contribution in [2.24, 2.45) is 0 Å². The average molecular weight is 444 g/mol. The molecule has 0 spiro atoms. The molecule has 0 radical (unpaired) electrons. The maximum absolute atomic E-state index is 11.4. The Hall–Kier alpha value is -4.19. The van der Waals surface area contributed by atoms with Gasteiger partial charge in [-0.05, 0) is 70.4 Å². The van der Waals surface area contributed by atoms with Crippen molar-refractivity contribution in [3.63, 3.8) is 0 Å². The van der Waals surface area contributed by atoms with Crippen LogP contribution in [0.1, 0.15) is 21.5 Å². The van der Waals surface area contributed by atoms with Gasteiger partial charge < -0.3 is 24.1 Å². The van der Waals surface area contributed by atoms with Gasteiger partial charge in [-0.15, -0.1) is 0 Å². The standard InChI is InChI=1S/C27H24O6/c1-30-23-9-3-18(4-10-23)16-32-25-14-20-7-8-21(27(28)29)13-22(20)15-26(25)33-17-19-5-11-24(31-2)12-6-19/h3-15H,16-17H2,1-2H3,(H,28,29). The number of aromatic carboxylic acids is 1. The molecule has 0 aliphatic heterocycles. The van der Waals surface area contributed by atoms with E-state index in [0.717, 1.165) is 33.4 Å². The second kappa shape index (κ2) is 9.96. The minimum atomic E-state index is -0.975. The van der Waals surface area contributed by atoms with E-state index in [-0.39, 0.29) is 5.56 Å². The van der Waals surface area contributed by atoms with Crippen molar-refractivity contribution in [3.05, 3.63) is 95.6 Å². The first-order valence-electron chi connectivity index (χ1n) is 10.4. The molecule has 0 saturated carbocycles. The normalized spacial score (nSPS) is 10.6. The first-order valence-corrected chi connectivity index (χ1v) is 10.4. The summed E-state index contributed by atoms with van der Waals surface area (Å²) in [4.78, 5) is 11.4. The van der Waals surface area contributed by atoms with Crippen LogP contribution < -0.4 is 18.9 Å². The Balaban J connectivity index is 1.61. The number of rotatable bonds is 9. The van der Waals surface area contributed by atoms with E-state index in [1.807, 2.05) is 60.7 Å². The number of ether oxygens (including phenoxy) is 4. The zero-order valence-electron chi connectivity index (χ0n) is 18.4. The molecule has 0 saturated heterocycles. The lowest BCUT2D eigenvalue weighted by Gasteiger charge is -2.15. The van der Waals surface area contributed by atoms with Crippen LogP contribution >= 0.6 is 0 Å². The second-order valence-corrected chi connectivity index (χ2v) is 7.44. The second-order valence-electron chi connectivity index (χ2n) is 7.44. The largest absolute Gasteiger partial charge is 0.497 e. The van der Waals surface area contributed by atoms with E-state index < -0.39 is 5.97 Å². The van der Waals surface area contributed by atoms with Crippen LogP contribution in [0.15, 0.2) is 78.9 Å². The molecular weight excluding hydrogens is 420 g/mol. The fourth-order valence-corrected chi connectivity index (χ4v) is 3.38. The lowest BCUT2D eigenvalue weighted by molar-refractivity contribution is 0.0697. The van der Waals surface area contributed by atoms with Crippen molar-refractivity contribution in [1.29, 1.82) is 0 Å². The summed E-state index contributed by atoms with van der Waals surface area (Å²) in [5.41, 5.74) is 2.17. The number of carboxylic acid groups (broad SMARTS) is 1. The van der Waals surface area contributed by atoms with Crippen molar-refractivity contribution in [1.82, 2.24) is 0 Å². The molecule has 1 N–H and O–H groups in total. The summed E-state index contributed by atoms with van der Waals surface area (Å²) in [5.74, 6) is 1.69. The Morgan fingerprint density at radius 1 is 0.667 bits per heavy atom. The molecule has 4 aromatic carbocycles. The van der Waals surface area contributed by atoms with Crippen LogP contribution in [0.4, 0.5) is 0 Å². The molecule has 0 atom stereocenters. The van der Waals surface area contributed by atoms with Crippen LogP contribution in [0, 0.1) is 0 Å². The van der Waals surface area contributed by atoms with Crippen molar-refractivity contribution >= 4 is 16.7 Å². The molecule has 0 aromatic heterocycles. The molecule has 4 rings (SSSR count). The van der Waals surface area contributed by atoms with Crippen LogP contribution in [0.3, 0.4) is 0 Å². The fraction of sp³-hybridized carbons (Fsp3) is 0.148. The lowest BCUT2D eigenvalue weighted by atomic mass is 10.1. The Labute approximate surface area is 191 Å². The maximum atomic E-state index is 11.4. The molecule has 0 aliphatic rings. The summed E-state index contributed by atoms with van der Waals surface area (Å²) in [6, 6.07) is 23.9. The Kier molecular flexibility index (Phi) is 6.64. The number of carbonyl (C=O) groups is 1. The van der Waals surface area contributed by atoms with Gasteiger partial charge in [-0.2, -0.15) is 0 Å². The highest BCUT2D eigenvalue weighted by Crippen LogP contribution is 2.34.